The topological polar surface area (TPSA) is 86.3 Å². The Bertz CT molecular complexity index is 787. The van der Waals surface area contributed by atoms with Crippen molar-refractivity contribution < 1.29 is 47.7 Å². The number of thiazole rings is 1. The first-order chi connectivity index (χ1) is 12.5. The number of aryl methyl sites for hydroxylation is 2. The van der Waals surface area contributed by atoms with E-state index in [0.29, 0.717) is 0 Å². The Morgan fingerprint density at radius 3 is 1.71 bits per heavy atom. The average Bonchev–Trinajstić information content (AvgIpc) is 2.81. The van der Waals surface area contributed by atoms with Crippen molar-refractivity contribution in [2.24, 2.45) is 0 Å². The van der Waals surface area contributed by atoms with Crippen molar-refractivity contribution >= 4 is 31.4 Å². The molecule has 0 aromatic carbocycles. The van der Waals surface area contributed by atoms with Gasteiger partial charge in [0.2, 0.25) is 5.51 Å². The van der Waals surface area contributed by atoms with Crippen LogP contribution in [0.2, 0.25) is 0 Å². The molecule has 0 fully saturated rings. The average molecular weight is 479 g/mol. The smallest absolute Gasteiger partial charge is 0.421 e. The lowest BCUT2D eigenvalue weighted by Crippen LogP contribution is -2.34. The Kier molecular flexibility index (Phi) is 9.87. The Morgan fingerprint density at radius 1 is 0.929 bits per heavy atom. The number of nitrogens with zero attached hydrogens (tertiary/aromatic N) is 2. The Hall–Kier alpha value is -0.930. The Balaban J connectivity index is 0.000000525. The third-order valence-electron chi connectivity index (χ3n) is 3.33. The van der Waals surface area contributed by atoms with Gasteiger partial charge in [-0.15, -0.1) is 0 Å². The summed E-state index contributed by atoms with van der Waals surface area (Å²) in [5.41, 5.74) is -8.71. The molecule has 1 aromatic heterocycles. The first-order valence-corrected chi connectivity index (χ1v) is 11.5. The largest absolute Gasteiger partial charge is 0.480 e. The lowest BCUT2D eigenvalue weighted by molar-refractivity contribution is -0.698. The fourth-order valence-corrected chi connectivity index (χ4v) is 4.20. The molecule has 28 heavy (non-hydrogen) atoms. The number of hydrogen-bond donors (Lipinski definition) is 0. The first kappa shape index (κ1) is 27.1. The van der Waals surface area contributed by atoms with Crippen LogP contribution in [0.15, 0.2) is 5.51 Å². The lowest BCUT2D eigenvalue weighted by Gasteiger charge is -2.22. The van der Waals surface area contributed by atoms with Crippen molar-refractivity contribution in [1.82, 2.24) is 0 Å². The molecule has 0 aliphatic heterocycles. The summed E-state index contributed by atoms with van der Waals surface area (Å²) in [7, 11) is -13.4. The molecule has 0 radical (unpaired) electrons. The van der Waals surface area contributed by atoms with E-state index in [4.69, 9.17) is 0 Å². The molecule has 0 atom stereocenters. The predicted octanol–water partition coefficient (Wildman–Crippen LogP) is 4.29. The van der Waals surface area contributed by atoms with Crippen molar-refractivity contribution in [3.8, 4) is 0 Å². The van der Waals surface area contributed by atoms with E-state index in [-0.39, 0.29) is 0 Å². The van der Waals surface area contributed by atoms with Gasteiger partial charge in [0, 0.05) is 13.3 Å². The summed E-state index contributed by atoms with van der Waals surface area (Å²) in [4.78, 5) is 1.45. The fourth-order valence-electron chi connectivity index (χ4n) is 1.65. The third kappa shape index (κ3) is 8.21. The molecular formula is C13H20F6N2O4S3. The molecule has 1 rings (SSSR count). The number of alkyl halides is 6. The fraction of sp³-hybridized carbons (Fsp3) is 0.769. The van der Waals surface area contributed by atoms with Crippen LogP contribution in [0.3, 0.4) is 0 Å². The van der Waals surface area contributed by atoms with Gasteiger partial charge >= 0.3 is 11.0 Å². The third-order valence-corrected chi connectivity index (χ3v) is 7.08. The second kappa shape index (κ2) is 10.2. The van der Waals surface area contributed by atoms with Gasteiger partial charge in [0.15, 0.2) is 25.7 Å². The highest BCUT2D eigenvalue weighted by atomic mass is 32.3. The number of hydrogen-bond acceptors (Lipinski definition) is 5. The van der Waals surface area contributed by atoms with Gasteiger partial charge in [-0.1, -0.05) is 31.1 Å². The van der Waals surface area contributed by atoms with E-state index in [1.807, 2.05) is 11.3 Å². The van der Waals surface area contributed by atoms with Crippen LogP contribution >= 0.6 is 11.3 Å². The zero-order valence-electron chi connectivity index (χ0n) is 15.1. The summed E-state index contributed by atoms with van der Waals surface area (Å²) >= 11 is 1.86. The quantitative estimate of drug-likeness (QED) is 0.332. The van der Waals surface area contributed by atoms with Gasteiger partial charge < -0.3 is 4.13 Å². The van der Waals surface area contributed by atoms with Gasteiger partial charge in [0.05, 0.1) is 4.88 Å². The number of halogens is 6. The van der Waals surface area contributed by atoms with Crippen LogP contribution in [0.1, 0.15) is 43.2 Å². The number of sulfonamides is 2. The summed E-state index contributed by atoms with van der Waals surface area (Å²) in [6.45, 7) is 7.87. The van der Waals surface area contributed by atoms with Crippen LogP contribution in [-0.2, 0) is 26.6 Å². The van der Waals surface area contributed by atoms with E-state index >= 15 is 0 Å². The summed E-state index contributed by atoms with van der Waals surface area (Å²) in [6.07, 6.45) is 5.41. The standard InChI is InChI=1S/C11H20NS.C2F6NO4S2/c1-4-5-6-7-8-12-9-13-11(3)10(12)2;3-1(4,5)14(10,11)9-15(12,13)2(6,7)8/h9H,4-8H2,1-3H3;/q+1;-1. The molecule has 166 valence electrons. The van der Waals surface area contributed by atoms with Crippen molar-refractivity contribution in [2.45, 2.75) is 64.0 Å². The molecule has 15 heteroatoms. The van der Waals surface area contributed by atoms with Gasteiger partial charge in [0.25, 0.3) is 0 Å². The molecular weight excluding hydrogens is 458 g/mol. The van der Waals surface area contributed by atoms with Crippen molar-refractivity contribution in [1.29, 1.82) is 0 Å². The highest BCUT2D eigenvalue weighted by molar-refractivity contribution is 8.13. The minimum absolute atomic E-state index is 0.778. The number of unbranched alkanes of at least 4 members (excludes halogenated alkanes) is 3. The second-order valence-electron chi connectivity index (χ2n) is 5.54. The van der Waals surface area contributed by atoms with E-state index in [0.717, 1.165) is 4.13 Å². The second-order valence-corrected chi connectivity index (χ2v) is 10.0. The monoisotopic (exact) mass is 478 g/mol. The summed E-state index contributed by atoms with van der Waals surface area (Å²) in [5.74, 6) is 0. The first-order valence-electron chi connectivity index (χ1n) is 7.77. The van der Waals surface area contributed by atoms with E-state index in [2.05, 4.69) is 30.8 Å². The number of rotatable bonds is 7. The predicted molar refractivity (Wildman–Crippen MR) is 91.4 cm³/mol. The normalized spacial score (nSPS) is 13.2. The highest BCUT2D eigenvalue weighted by Gasteiger charge is 2.46. The molecule has 1 heterocycles. The Morgan fingerprint density at radius 2 is 1.39 bits per heavy atom. The van der Waals surface area contributed by atoms with Crippen LogP contribution in [0.25, 0.3) is 4.13 Å². The van der Waals surface area contributed by atoms with E-state index in [1.54, 1.807) is 0 Å². The molecule has 0 amide bonds. The zero-order valence-corrected chi connectivity index (χ0v) is 17.6. The molecule has 0 spiro atoms. The maximum absolute atomic E-state index is 11.4. The summed E-state index contributed by atoms with van der Waals surface area (Å²) in [6, 6.07) is 0. The molecule has 0 aliphatic rings. The van der Waals surface area contributed by atoms with Crippen LogP contribution in [0.5, 0.6) is 0 Å². The Labute approximate surface area is 163 Å². The molecule has 0 N–H and O–H groups in total. The molecule has 6 nitrogen and oxygen atoms in total. The number of aromatic nitrogens is 1. The van der Waals surface area contributed by atoms with Crippen LogP contribution in [0.4, 0.5) is 26.3 Å². The zero-order chi connectivity index (χ0) is 22.4. The maximum Gasteiger partial charge on any atom is 0.480 e. The molecule has 0 saturated heterocycles. The maximum atomic E-state index is 11.4. The molecule has 0 aliphatic carbocycles. The van der Waals surface area contributed by atoms with Crippen LogP contribution in [0, 0.1) is 13.8 Å². The van der Waals surface area contributed by atoms with E-state index in [9.17, 15) is 43.2 Å². The van der Waals surface area contributed by atoms with Gasteiger partial charge in [0.1, 0.15) is 6.54 Å². The van der Waals surface area contributed by atoms with E-state index < -0.39 is 31.1 Å². The highest BCUT2D eigenvalue weighted by Crippen LogP contribution is 2.36. The molecule has 0 saturated carbocycles. The molecule has 1 aromatic rings. The van der Waals surface area contributed by atoms with Crippen LogP contribution in [-0.4, -0.2) is 27.9 Å². The van der Waals surface area contributed by atoms with Crippen molar-refractivity contribution in [3.05, 3.63) is 20.2 Å². The van der Waals surface area contributed by atoms with Gasteiger partial charge in [-0.3, -0.25) is 0 Å². The summed E-state index contributed by atoms with van der Waals surface area (Å²) in [5, 5.41) is 0. The van der Waals surface area contributed by atoms with Gasteiger partial charge in [-0.2, -0.15) is 30.9 Å². The van der Waals surface area contributed by atoms with Gasteiger partial charge in [-0.25, -0.2) is 16.8 Å². The minimum atomic E-state index is -6.72. The lowest BCUT2D eigenvalue weighted by atomic mass is 10.2. The molecule has 0 bridgehead atoms. The van der Waals surface area contributed by atoms with Crippen LogP contribution < -0.4 is 4.57 Å². The minimum Gasteiger partial charge on any atom is -0.421 e. The SMILES string of the molecule is CCCCCC[n+]1csc(C)c1C.O=S(=O)([N-]S(=O)(=O)C(F)(F)F)C(F)(F)F. The molecule has 0 unspecified atom stereocenters. The van der Waals surface area contributed by atoms with Crippen molar-refractivity contribution in [3.63, 3.8) is 0 Å². The van der Waals surface area contributed by atoms with E-state index in [1.165, 1.54) is 42.8 Å². The summed E-state index contributed by atoms with van der Waals surface area (Å²) < 4.78 is 112. The van der Waals surface area contributed by atoms with Crippen molar-refractivity contribution in [2.75, 3.05) is 0 Å². The van der Waals surface area contributed by atoms with Gasteiger partial charge in [-0.05, 0) is 13.3 Å².